The summed E-state index contributed by atoms with van der Waals surface area (Å²) in [4.78, 5) is 13.0. The van der Waals surface area contributed by atoms with Crippen molar-refractivity contribution in [2.24, 2.45) is 0 Å². The molecule has 0 bridgehead atoms. The van der Waals surface area contributed by atoms with E-state index in [-0.39, 0.29) is 5.82 Å². The van der Waals surface area contributed by atoms with Gasteiger partial charge < -0.3 is 4.90 Å². The van der Waals surface area contributed by atoms with Crippen molar-refractivity contribution in [3.05, 3.63) is 63.9 Å². The van der Waals surface area contributed by atoms with Crippen LogP contribution in [0.5, 0.6) is 0 Å². The van der Waals surface area contributed by atoms with Gasteiger partial charge in [-0.25, -0.2) is 4.39 Å². The number of rotatable bonds is 4. The summed E-state index contributed by atoms with van der Waals surface area (Å²) in [5.74, 6) is -0.247. The Bertz CT molecular complexity index is 583. The highest BCUT2D eigenvalue weighted by atomic mass is 79.9. The summed E-state index contributed by atoms with van der Waals surface area (Å²) in [7, 11) is 1.90. The van der Waals surface area contributed by atoms with Gasteiger partial charge in [-0.3, -0.25) is 4.79 Å². The molecule has 0 aliphatic carbocycles. The molecule has 0 spiro atoms. The molecular formula is C15H13BrFNO. The summed E-state index contributed by atoms with van der Waals surface area (Å²) in [6.45, 7) is 0.614. The average molecular weight is 322 g/mol. The molecule has 0 fully saturated rings. The molecule has 0 aliphatic rings. The molecule has 0 atom stereocenters. The molecule has 0 saturated carbocycles. The molecule has 2 aromatic rings. The molecule has 98 valence electrons. The Hall–Kier alpha value is -1.68. The Morgan fingerprint density at radius 3 is 2.53 bits per heavy atom. The van der Waals surface area contributed by atoms with Gasteiger partial charge in [0.25, 0.3) is 0 Å². The predicted molar refractivity (Wildman–Crippen MR) is 78.0 cm³/mol. The molecule has 19 heavy (non-hydrogen) atoms. The van der Waals surface area contributed by atoms with E-state index in [2.05, 4.69) is 15.9 Å². The number of halogens is 2. The first-order valence-corrected chi connectivity index (χ1v) is 6.60. The Balaban J connectivity index is 2.22. The molecule has 0 radical (unpaired) electrons. The van der Waals surface area contributed by atoms with Crippen LogP contribution < -0.4 is 4.90 Å². The van der Waals surface area contributed by atoms with Crippen LogP contribution in [0, 0.1) is 5.82 Å². The molecule has 0 aliphatic heterocycles. The second-order valence-corrected chi connectivity index (χ2v) is 5.22. The fourth-order valence-corrected chi connectivity index (χ4v) is 2.30. The smallest absolute Gasteiger partial charge is 0.152 e. The van der Waals surface area contributed by atoms with E-state index < -0.39 is 0 Å². The summed E-state index contributed by atoms with van der Waals surface area (Å²) < 4.78 is 13.7. The molecule has 0 N–H and O–H groups in total. The monoisotopic (exact) mass is 321 g/mol. The van der Waals surface area contributed by atoms with Gasteiger partial charge in [-0.1, -0.05) is 28.1 Å². The van der Waals surface area contributed by atoms with Crippen LogP contribution >= 0.6 is 15.9 Å². The first-order valence-electron chi connectivity index (χ1n) is 5.80. The van der Waals surface area contributed by atoms with Crippen LogP contribution in [0.4, 0.5) is 10.1 Å². The van der Waals surface area contributed by atoms with Gasteiger partial charge in [0.05, 0.1) is 0 Å². The minimum atomic E-state index is -0.247. The van der Waals surface area contributed by atoms with Crippen molar-refractivity contribution in [2.45, 2.75) is 6.54 Å². The summed E-state index contributed by atoms with van der Waals surface area (Å²) in [6.07, 6.45) is 0.835. The Morgan fingerprint density at radius 1 is 1.21 bits per heavy atom. The largest absolute Gasteiger partial charge is 0.370 e. The number of benzene rings is 2. The van der Waals surface area contributed by atoms with E-state index in [4.69, 9.17) is 0 Å². The number of anilines is 1. The van der Waals surface area contributed by atoms with Crippen molar-refractivity contribution in [1.29, 1.82) is 0 Å². The Labute approximate surface area is 120 Å². The van der Waals surface area contributed by atoms with Crippen LogP contribution in [-0.4, -0.2) is 13.3 Å². The molecule has 4 heteroatoms. The average Bonchev–Trinajstić information content (AvgIpc) is 2.41. The third-order valence-electron chi connectivity index (χ3n) is 2.86. The fourth-order valence-electron chi connectivity index (χ4n) is 1.92. The summed E-state index contributed by atoms with van der Waals surface area (Å²) in [5.41, 5.74) is 2.46. The van der Waals surface area contributed by atoms with Crippen LogP contribution in [0.3, 0.4) is 0 Å². The third kappa shape index (κ3) is 3.41. The molecular weight excluding hydrogens is 309 g/mol. The third-order valence-corrected chi connectivity index (χ3v) is 3.35. The second kappa shape index (κ2) is 5.97. The normalized spacial score (nSPS) is 10.3. The lowest BCUT2D eigenvalue weighted by atomic mass is 10.1. The van der Waals surface area contributed by atoms with Gasteiger partial charge in [-0.2, -0.15) is 0 Å². The number of carbonyl (C=O) groups is 1. The maximum absolute atomic E-state index is 12.8. The lowest BCUT2D eigenvalue weighted by molar-refractivity contribution is 0.112. The zero-order chi connectivity index (χ0) is 13.8. The number of nitrogens with zero attached hydrogens (tertiary/aromatic N) is 1. The van der Waals surface area contributed by atoms with Crippen LogP contribution in [0.2, 0.25) is 0 Å². The van der Waals surface area contributed by atoms with E-state index in [9.17, 15) is 9.18 Å². The van der Waals surface area contributed by atoms with Crippen molar-refractivity contribution >= 4 is 27.9 Å². The SMILES string of the molecule is CN(Cc1ccc(F)cc1)c1ccc(Br)cc1C=O. The highest BCUT2D eigenvalue weighted by Crippen LogP contribution is 2.23. The Kier molecular flexibility index (Phi) is 4.32. The lowest BCUT2D eigenvalue weighted by Gasteiger charge is -2.21. The van der Waals surface area contributed by atoms with E-state index in [1.165, 1.54) is 12.1 Å². The van der Waals surface area contributed by atoms with Gasteiger partial charge in [-0.05, 0) is 35.9 Å². The van der Waals surface area contributed by atoms with Crippen molar-refractivity contribution in [2.75, 3.05) is 11.9 Å². The summed E-state index contributed by atoms with van der Waals surface area (Å²) in [5, 5.41) is 0. The zero-order valence-corrected chi connectivity index (χ0v) is 12.0. The minimum absolute atomic E-state index is 0.247. The number of aldehydes is 1. The maximum atomic E-state index is 12.8. The van der Waals surface area contributed by atoms with Gasteiger partial charge in [0, 0.05) is 29.3 Å². The lowest BCUT2D eigenvalue weighted by Crippen LogP contribution is -2.17. The van der Waals surface area contributed by atoms with Crippen molar-refractivity contribution < 1.29 is 9.18 Å². The first kappa shape index (κ1) is 13.7. The van der Waals surface area contributed by atoms with Crippen molar-refractivity contribution in [3.63, 3.8) is 0 Å². The van der Waals surface area contributed by atoms with Crippen LogP contribution in [0.1, 0.15) is 15.9 Å². The van der Waals surface area contributed by atoms with E-state index in [0.29, 0.717) is 12.1 Å². The van der Waals surface area contributed by atoms with E-state index in [1.807, 2.05) is 24.1 Å². The molecule has 2 nitrogen and oxygen atoms in total. The molecule has 0 heterocycles. The van der Waals surface area contributed by atoms with Gasteiger partial charge >= 0.3 is 0 Å². The second-order valence-electron chi connectivity index (χ2n) is 4.30. The van der Waals surface area contributed by atoms with Crippen molar-refractivity contribution in [1.82, 2.24) is 0 Å². The van der Waals surface area contributed by atoms with Gasteiger partial charge in [-0.15, -0.1) is 0 Å². The molecule has 0 aromatic heterocycles. The topological polar surface area (TPSA) is 20.3 Å². The molecule has 2 rings (SSSR count). The molecule has 0 unspecified atom stereocenters. The first-order chi connectivity index (χ1) is 9.10. The highest BCUT2D eigenvalue weighted by Gasteiger charge is 2.08. The quantitative estimate of drug-likeness (QED) is 0.792. The number of hydrogen-bond acceptors (Lipinski definition) is 2. The van der Waals surface area contributed by atoms with E-state index in [1.54, 1.807) is 18.2 Å². The highest BCUT2D eigenvalue weighted by molar-refractivity contribution is 9.10. The van der Waals surface area contributed by atoms with Gasteiger partial charge in [0.1, 0.15) is 5.82 Å². The van der Waals surface area contributed by atoms with Crippen LogP contribution in [0.15, 0.2) is 46.9 Å². The maximum Gasteiger partial charge on any atom is 0.152 e. The number of carbonyl (C=O) groups excluding carboxylic acids is 1. The molecule has 0 saturated heterocycles. The van der Waals surface area contributed by atoms with Gasteiger partial charge in [0.2, 0.25) is 0 Å². The minimum Gasteiger partial charge on any atom is -0.370 e. The Morgan fingerprint density at radius 2 is 1.89 bits per heavy atom. The fraction of sp³-hybridized carbons (Fsp3) is 0.133. The van der Waals surface area contributed by atoms with Gasteiger partial charge in [0.15, 0.2) is 6.29 Å². The predicted octanol–water partition coefficient (Wildman–Crippen LogP) is 4.04. The van der Waals surface area contributed by atoms with E-state index >= 15 is 0 Å². The van der Waals surface area contributed by atoms with Crippen LogP contribution in [-0.2, 0) is 6.54 Å². The summed E-state index contributed by atoms with van der Waals surface area (Å²) in [6, 6.07) is 11.9. The molecule has 0 amide bonds. The standard InChI is InChI=1S/C15H13BrFNO/c1-18(9-11-2-5-14(17)6-3-11)15-7-4-13(16)8-12(15)10-19/h2-8,10H,9H2,1H3. The zero-order valence-electron chi connectivity index (χ0n) is 10.4. The molecule has 2 aromatic carbocycles. The summed E-state index contributed by atoms with van der Waals surface area (Å²) >= 11 is 3.34. The van der Waals surface area contributed by atoms with E-state index in [0.717, 1.165) is 22.0 Å². The van der Waals surface area contributed by atoms with Crippen molar-refractivity contribution in [3.8, 4) is 0 Å². The number of hydrogen-bond donors (Lipinski definition) is 0. The van der Waals surface area contributed by atoms with Crippen LogP contribution in [0.25, 0.3) is 0 Å².